The highest BCUT2D eigenvalue weighted by atomic mass is 35.5. The van der Waals surface area contributed by atoms with Gasteiger partial charge in [0.15, 0.2) is 5.78 Å². The summed E-state index contributed by atoms with van der Waals surface area (Å²) in [6.07, 6.45) is 3.41. The fourth-order valence-electron chi connectivity index (χ4n) is 2.12. The second-order valence-corrected chi connectivity index (χ2v) is 6.50. The zero-order valence-corrected chi connectivity index (χ0v) is 13.3. The molecule has 0 N–H and O–H groups in total. The number of allylic oxidation sites excluding steroid dienone is 1. The monoisotopic (exact) mass is 324 g/mol. The van der Waals surface area contributed by atoms with Crippen molar-refractivity contribution in [1.29, 1.82) is 0 Å². The molecule has 0 aliphatic rings. The van der Waals surface area contributed by atoms with Crippen LogP contribution in [-0.4, -0.2) is 5.78 Å². The maximum Gasteiger partial charge on any atom is 0.195 e. The lowest BCUT2D eigenvalue weighted by atomic mass is 10.0. The van der Waals surface area contributed by atoms with E-state index in [-0.39, 0.29) is 5.78 Å². The summed E-state index contributed by atoms with van der Waals surface area (Å²) in [7, 11) is 0. The molecule has 0 saturated carbocycles. The SMILES string of the molecule is O=C(/C=C/c1ccc(-c2ccccc2)cc1)c1ccc(Cl)s1. The summed E-state index contributed by atoms with van der Waals surface area (Å²) in [5.41, 5.74) is 3.34. The smallest absolute Gasteiger partial charge is 0.195 e. The number of halogens is 1. The van der Waals surface area contributed by atoms with Crippen LogP contribution in [0.5, 0.6) is 0 Å². The van der Waals surface area contributed by atoms with Crippen molar-refractivity contribution in [3.05, 3.63) is 87.6 Å². The first-order chi connectivity index (χ1) is 10.7. The first-order valence-corrected chi connectivity index (χ1v) is 8.05. The molecule has 3 aromatic rings. The number of hydrogen-bond donors (Lipinski definition) is 0. The number of carbonyl (C=O) groups excluding carboxylic acids is 1. The van der Waals surface area contributed by atoms with Crippen molar-refractivity contribution < 1.29 is 4.79 Å². The molecule has 0 unspecified atom stereocenters. The van der Waals surface area contributed by atoms with Gasteiger partial charge in [-0.3, -0.25) is 4.79 Å². The lowest BCUT2D eigenvalue weighted by molar-refractivity contribution is 0.105. The van der Waals surface area contributed by atoms with E-state index in [1.807, 2.05) is 36.4 Å². The molecular formula is C19H13ClOS. The van der Waals surface area contributed by atoms with Gasteiger partial charge < -0.3 is 0 Å². The standard InChI is InChI=1S/C19H13ClOS/c20-19-13-12-18(22-19)17(21)11-8-14-6-9-16(10-7-14)15-4-2-1-3-5-15/h1-13H/b11-8+. The van der Waals surface area contributed by atoms with Crippen molar-refractivity contribution in [2.75, 3.05) is 0 Å². The average Bonchev–Trinajstić information content (AvgIpc) is 3.00. The summed E-state index contributed by atoms with van der Waals surface area (Å²) in [4.78, 5) is 12.6. The Balaban J connectivity index is 1.73. The largest absolute Gasteiger partial charge is 0.288 e. The van der Waals surface area contributed by atoms with Crippen LogP contribution in [-0.2, 0) is 0 Å². The number of carbonyl (C=O) groups is 1. The van der Waals surface area contributed by atoms with Crippen LogP contribution < -0.4 is 0 Å². The number of thiophene rings is 1. The molecule has 3 rings (SSSR count). The highest BCUT2D eigenvalue weighted by molar-refractivity contribution is 7.18. The van der Waals surface area contributed by atoms with Gasteiger partial charge >= 0.3 is 0 Å². The molecule has 1 nitrogen and oxygen atoms in total. The highest BCUT2D eigenvalue weighted by Crippen LogP contribution is 2.23. The molecule has 1 heterocycles. The van der Waals surface area contributed by atoms with Crippen LogP contribution >= 0.6 is 22.9 Å². The number of hydrogen-bond acceptors (Lipinski definition) is 2. The molecule has 0 fully saturated rings. The van der Waals surface area contributed by atoms with Gasteiger partial charge in [-0.25, -0.2) is 0 Å². The molecule has 0 aliphatic carbocycles. The molecule has 3 heteroatoms. The van der Waals surface area contributed by atoms with Gasteiger partial charge in [-0.05, 0) is 34.9 Å². The summed E-state index contributed by atoms with van der Waals surface area (Å²) in [5.74, 6) is -0.0240. The maximum atomic E-state index is 12.0. The molecule has 108 valence electrons. The second-order valence-electron chi connectivity index (χ2n) is 4.79. The minimum absolute atomic E-state index is 0.0240. The van der Waals surface area contributed by atoms with Crippen molar-refractivity contribution in [3.63, 3.8) is 0 Å². The zero-order chi connectivity index (χ0) is 15.4. The van der Waals surface area contributed by atoms with Crippen molar-refractivity contribution in [1.82, 2.24) is 0 Å². The average molecular weight is 325 g/mol. The van der Waals surface area contributed by atoms with Gasteiger partial charge in [-0.2, -0.15) is 0 Å². The summed E-state index contributed by atoms with van der Waals surface area (Å²) >= 11 is 7.13. The molecule has 0 atom stereocenters. The van der Waals surface area contributed by atoms with Gasteiger partial charge in [0.1, 0.15) is 0 Å². The lowest BCUT2D eigenvalue weighted by Gasteiger charge is -2.01. The highest BCUT2D eigenvalue weighted by Gasteiger charge is 2.04. The van der Waals surface area contributed by atoms with E-state index in [2.05, 4.69) is 24.3 Å². The maximum absolute atomic E-state index is 12.0. The van der Waals surface area contributed by atoms with E-state index in [0.29, 0.717) is 9.21 Å². The normalized spacial score (nSPS) is 11.0. The topological polar surface area (TPSA) is 17.1 Å². The lowest BCUT2D eigenvalue weighted by Crippen LogP contribution is -1.88. The third-order valence-electron chi connectivity index (χ3n) is 3.26. The predicted octanol–water partition coefficient (Wildman–Crippen LogP) is 5.96. The van der Waals surface area contributed by atoms with E-state index >= 15 is 0 Å². The van der Waals surface area contributed by atoms with Crippen LogP contribution in [0.2, 0.25) is 4.34 Å². The third kappa shape index (κ3) is 3.53. The van der Waals surface area contributed by atoms with Gasteiger partial charge in [0.05, 0.1) is 9.21 Å². The van der Waals surface area contributed by atoms with E-state index in [9.17, 15) is 4.79 Å². The van der Waals surface area contributed by atoms with Crippen LogP contribution in [0.15, 0.2) is 72.8 Å². The van der Waals surface area contributed by atoms with E-state index in [4.69, 9.17) is 11.6 Å². The number of rotatable bonds is 4. The van der Waals surface area contributed by atoms with Crippen LogP contribution in [0, 0.1) is 0 Å². The number of ketones is 1. The van der Waals surface area contributed by atoms with Gasteiger partial charge in [-0.1, -0.05) is 72.3 Å². The van der Waals surface area contributed by atoms with Gasteiger partial charge in [0, 0.05) is 0 Å². The van der Waals surface area contributed by atoms with Crippen LogP contribution in [0.3, 0.4) is 0 Å². The summed E-state index contributed by atoms with van der Waals surface area (Å²) in [5, 5.41) is 0. The molecule has 0 spiro atoms. The molecule has 0 bridgehead atoms. The summed E-state index contributed by atoms with van der Waals surface area (Å²) in [6, 6.07) is 21.8. The van der Waals surface area contributed by atoms with Crippen molar-refractivity contribution >= 4 is 34.8 Å². The molecule has 0 radical (unpaired) electrons. The van der Waals surface area contributed by atoms with Gasteiger partial charge in [-0.15, -0.1) is 11.3 Å². The molecule has 22 heavy (non-hydrogen) atoms. The summed E-state index contributed by atoms with van der Waals surface area (Å²) < 4.78 is 0.629. The zero-order valence-electron chi connectivity index (χ0n) is 11.7. The Bertz CT molecular complexity index is 801. The first kappa shape index (κ1) is 14.8. The quantitative estimate of drug-likeness (QED) is 0.427. The van der Waals surface area contributed by atoms with E-state index in [1.165, 1.54) is 16.9 Å². The van der Waals surface area contributed by atoms with Gasteiger partial charge in [0.2, 0.25) is 0 Å². The Morgan fingerprint density at radius 2 is 1.55 bits per heavy atom. The number of benzene rings is 2. The fraction of sp³-hybridized carbons (Fsp3) is 0. The van der Waals surface area contributed by atoms with Crippen LogP contribution in [0.1, 0.15) is 15.2 Å². The van der Waals surface area contributed by atoms with Crippen LogP contribution in [0.25, 0.3) is 17.2 Å². The Kier molecular flexibility index (Phi) is 4.52. The van der Waals surface area contributed by atoms with Crippen molar-refractivity contribution in [3.8, 4) is 11.1 Å². The minimum Gasteiger partial charge on any atom is -0.288 e. The van der Waals surface area contributed by atoms with E-state index in [1.54, 1.807) is 18.2 Å². The Morgan fingerprint density at radius 1 is 0.864 bits per heavy atom. The van der Waals surface area contributed by atoms with Crippen LogP contribution in [0.4, 0.5) is 0 Å². The Hall–Kier alpha value is -2.16. The molecule has 1 aromatic heterocycles. The van der Waals surface area contributed by atoms with Gasteiger partial charge in [0.25, 0.3) is 0 Å². The first-order valence-electron chi connectivity index (χ1n) is 6.85. The molecule has 0 saturated heterocycles. The molecule has 0 aliphatic heterocycles. The predicted molar refractivity (Wildman–Crippen MR) is 94.6 cm³/mol. The molecule has 0 amide bonds. The second kappa shape index (κ2) is 6.73. The minimum atomic E-state index is -0.0240. The molecular weight excluding hydrogens is 312 g/mol. The third-order valence-corrected chi connectivity index (χ3v) is 4.51. The van der Waals surface area contributed by atoms with Crippen molar-refractivity contribution in [2.24, 2.45) is 0 Å². The Morgan fingerprint density at radius 3 is 2.18 bits per heavy atom. The van der Waals surface area contributed by atoms with Crippen molar-refractivity contribution in [2.45, 2.75) is 0 Å². The van der Waals surface area contributed by atoms with E-state index < -0.39 is 0 Å². The molecule has 2 aromatic carbocycles. The van der Waals surface area contributed by atoms with E-state index in [0.717, 1.165) is 11.1 Å². The Labute approximate surface area is 138 Å². The fourth-order valence-corrected chi connectivity index (χ4v) is 3.08. The summed E-state index contributed by atoms with van der Waals surface area (Å²) in [6.45, 7) is 0.